The average Bonchev–Trinajstić information content (AvgIpc) is 2.96. The molecule has 1 fully saturated rings. The van der Waals surface area contributed by atoms with Gasteiger partial charge in [0.1, 0.15) is 5.02 Å². The Labute approximate surface area is 149 Å². The van der Waals surface area contributed by atoms with Crippen LogP contribution < -0.4 is 10.5 Å². The Morgan fingerprint density at radius 2 is 2.08 bits per heavy atom. The maximum Gasteiger partial charge on any atom is 0.340 e. The zero-order valence-corrected chi connectivity index (χ0v) is 14.7. The summed E-state index contributed by atoms with van der Waals surface area (Å²) >= 11 is 6.27. The number of aliphatic hydroxyl groups is 1. The van der Waals surface area contributed by atoms with Crippen LogP contribution in [0.5, 0.6) is 0 Å². The Bertz CT molecular complexity index is 878. The molecular weight excluding hydrogens is 346 g/mol. The molecule has 25 heavy (non-hydrogen) atoms. The Kier molecular flexibility index (Phi) is 4.53. The second-order valence-corrected chi connectivity index (χ2v) is 6.62. The number of esters is 1. The largest absolute Gasteiger partial charge is 0.465 e. The van der Waals surface area contributed by atoms with Crippen molar-refractivity contribution in [3.63, 3.8) is 0 Å². The Morgan fingerprint density at radius 3 is 2.72 bits per heavy atom. The van der Waals surface area contributed by atoms with E-state index in [-0.39, 0.29) is 10.6 Å². The smallest absolute Gasteiger partial charge is 0.340 e. The van der Waals surface area contributed by atoms with E-state index in [0.29, 0.717) is 30.9 Å². The maximum atomic E-state index is 12.7. The first-order chi connectivity index (χ1) is 11.8. The van der Waals surface area contributed by atoms with Gasteiger partial charge in [-0.05, 0) is 25.5 Å². The van der Waals surface area contributed by atoms with Crippen molar-refractivity contribution in [3.8, 4) is 5.69 Å². The van der Waals surface area contributed by atoms with Gasteiger partial charge in [-0.25, -0.2) is 4.79 Å². The minimum absolute atomic E-state index is 0.00707. The van der Waals surface area contributed by atoms with Gasteiger partial charge in [-0.15, -0.1) is 0 Å². The number of halogens is 1. The third kappa shape index (κ3) is 3.25. The molecule has 1 saturated heterocycles. The molecule has 1 atom stereocenters. The first kappa shape index (κ1) is 17.4. The molecule has 1 aliphatic heterocycles. The van der Waals surface area contributed by atoms with Crippen molar-refractivity contribution in [2.75, 3.05) is 25.1 Å². The van der Waals surface area contributed by atoms with Crippen LogP contribution in [0.1, 0.15) is 23.7 Å². The van der Waals surface area contributed by atoms with Gasteiger partial charge >= 0.3 is 5.97 Å². The average molecular weight is 364 g/mol. The van der Waals surface area contributed by atoms with Gasteiger partial charge in [0.2, 0.25) is 0 Å². The first-order valence-corrected chi connectivity index (χ1v) is 8.15. The topological polar surface area (TPSA) is 84.7 Å². The van der Waals surface area contributed by atoms with E-state index < -0.39 is 17.1 Å². The molecule has 2 aromatic rings. The highest BCUT2D eigenvalue weighted by Crippen LogP contribution is 2.29. The number of carbonyl (C=O) groups is 1. The predicted molar refractivity (Wildman–Crippen MR) is 93.6 cm³/mol. The second kappa shape index (κ2) is 6.50. The molecule has 8 heteroatoms. The zero-order chi connectivity index (χ0) is 18.2. The first-order valence-electron chi connectivity index (χ1n) is 7.77. The van der Waals surface area contributed by atoms with Crippen molar-refractivity contribution in [3.05, 3.63) is 51.4 Å². The fourth-order valence-corrected chi connectivity index (χ4v) is 3.16. The second-order valence-electron chi connectivity index (χ2n) is 6.24. The standard InChI is InChI=1S/C17H18ClN3O4/c1-17(24)7-8-20(10-17)13-9-19-21(15(22)14(13)18)12-6-4-3-5-11(12)16(23)25-2/h3-6,9,24H,7-8,10H2,1-2H3. The molecular formula is C17H18ClN3O4. The number of β-amino-alcohol motifs (C(OH)–C–C–N with tert-alkyl or cyclic N) is 1. The Morgan fingerprint density at radius 1 is 1.36 bits per heavy atom. The lowest BCUT2D eigenvalue weighted by atomic mass is 10.1. The summed E-state index contributed by atoms with van der Waals surface area (Å²) in [7, 11) is 1.27. The number of aromatic nitrogens is 2. The molecule has 7 nitrogen and oxygen atoms in total. The van der Waals surface area contributed by atoms with Gasteiger partial charge < -0.3 is 14.7 Å². The summed E-state index contributed by atoms with van der Waals surface area (Å²) in [5.41, 5.74) is -0.387. The van der Waals surface area contributed by atoms with Crippen molar-refractivity contribution in [1.82, 2.24) is 9.78 Å². The van der Waals surface area contributed by atoms with E-state index in [1.807, 2.05) is 4.90 Å². The number of hydrogen-bond acceptors (Lipinski definition) is 6. The van der Waals surface area contributed by atoms with Gasteiger partial charge in [0.05, 0.1) is 35.8 Å². The van der Waals surface area contributed by atoms with Crippen LogP contribution >= 0.6 is 11.6 Å². The molecule has 0 amide bonds. The van der Waals surface area contributed by atoms with Crippen LogP contribution in [-0.4, -0.2) is 46.7 Å². The summed E-state index contributed by atoms with van der Waals surface area (Å²) < 4.78 is 5.82. The van der Waals surface area contributed by atoms with Gasteiger partial charge in [0.25, 0.3) is 5.56 Å². The molecule has 3 rings (SSSR count). The van der Waals surface area contributed by atoms with Crippen LogP contribution in [0.2, 0.25) is 5.02 Å². The highest BCUT2D eigenvalue weighted by Gasteiger charge is 2.33. The SMILES string of the molecule is COC(=O)c1ccccc1-n1ncc(N2CCC(C)(O)C2)c(Cl)c1=O. The van der Waals surface area contributed by atoms with Gasteiger partial charge in [-0.1, -0.05) is 23.7 Å². The number of ether oxygens (including phenoxy) is 1. The highest BCUT2D eigenvalue weighted by atomic mass is 35.5. The van der Waals surface area contributed by atoms with Gasteiger partial charge in [-0.2, -0.15) is 9.78 Å². The number of benzene rings is 1. The van der Waals surface area contributed by atoms with Gasteiger partial charge in [0, 0.05) is 13.1 Å². The quantitative estimate of drug-likeness (QED) is 0.834. The van der Waals surface area contributed by atoms with E-state index in [4.69, 9.17) is 16.3 Å². The van der Waals surface area contributed by atoms with Gasteiger partial charge in [-0.3, -0.25) is 4.79 Å². The minimum atomic E-state index is -0.824. The van der Waals surface area contributed by atoms with E-state index in [0.717, 1.165) is 4.68 Å². The summed E-state index contributed by atoms with van der Waals surface area (Å²) in [4.78, 5) is 26.4. The lowest BCUT2D eigenvalue weighted by Crippen LogP contribution is -2.32. The van der Waals surface area contributed by atoms with Crippen molar-refractivity contribution >= 4 is 23.3 Å². The molecule has 0 aliphatic carbocycles. The molecule has 0 spiro atoms. The highest BCUT2D eigenvalue weighted by molar-refractivity contribution is 6.33. The molecule has 1 aromatic carbocycles. The summed E-state index contributed by atoms with van der Waals surface area (Å²) in [5.74, 6) is -0.569. The number of nitrogens with zero attached hydrogens (tertiary/aromatic N) is 3. The molecule has 1 aromatic heterocycles. The van der Waals surface area contributed by atoms with E-state index in [1.54, 1.807) is 31.2 Å². The van der Waals surface area contributed by atoms with E-state index >= 15 is 0 Å². The fraction of sp³-hybridized carbons (Fsp3) is 0.353. The minimum Gasteiger partial charge on any atom is -0.465 e. The van der Waals surface area contributed by atoms with Crippen molar-refractivity contribution in [2.45, 2.75) is 18.9 Å². The number of para-hydroxylation sites is 1. The summed E-state index contributed by atoms with van der Waals surface area (Å²) in [6.07, 6.45) is 2.05. The molecule has 0 radical (unpaired) electrons. The van der Waals surface area contributed by atoms with Crippen LogP contribution in [-0.2, 0) is 4.74 Å². The predicted octanol–water partition coefficient (Wildman–Crippen LogP) is 1.63. The molecule has 132 valence electrons. The third-order valence-corrected chi connectivity index (χ3v) is 4.59. The maximum absolute atomic E-state index is 12.7. The van der Waals surface area contributed by atoms with Crippen LogP contribution in [0, 0.1) is 0 Å². The lowest BCUT2D eigenvalue weighted by molar-refractivity contribution is 0.0600. The number of rotatable bonds is 3. The number of hydrogen-bond donors (Lipinski definition) is 1. The molecule has 2 heterocycles. The van der Waals surface area contributed by atoms with E-state index in [1.165, 1.54) is 13.3 Å². The van der Waals surface area contributed by atoms with Crippen LogP contribution in [0.15, 0.2) is 35.3 Å². The summed E-state index contributed by atoms with van der Waals surface area (Å²) in [6.45, 7) is 2.69. The van der Waals surface area contributed by atoms with Crippen molar-refractivity contribution < 1.29 is 14.6 Å². The fourth-order valence-electron chi connectivity index (χ4n) is 2.91. The molecule has 1 unspecified atom stereocenters. The molecule has 0 bridgehead atoms. The summed E-state index contributed by atoms with van der Waals surface area (Å²) in [5, 5.41) is 14.3. The van der Waals surface area contributed by atoms with Gasteiger partial charge in [0.15, 0.2) is 0 Å². The Balaban J connectivity index is 2.06. The number of anilines is 1. The van der Waals surface area contributed by atoms with Crippen LogP contribution in [0.4, 0.5) is 5.69 Å². The number of carbonyl (C=O) groups excluding carboxylic acids is 1. The third-order valence-electron chi connectivity index (χ3n) is 4.23. The lowest BCUT2D eigenvalue weighted by Gasteiger charge is -2.21. The van der Waals surface area contributed by atoms with E-state index in [9.17, 15) is 14.7 Å². The number of methoxy groups -OCH3 is 1. The van der Waals surface area contributed by atoms with E-state index in [2.05, 4.69) is 5.10 Å². The van der Waals surface area contributed by atoms with Crippen LogP contribution in [0.25, 0.3) is 5.69 Å². The van der Waals surface area contributed by atoms with Crippen LogP contribution in [0.3, 0.4) is 0 Å². The van der Waals surface area contributed by atoms with Crippen molar-refractivity contribution in [1.29, 1.82) is 0 Å². The molecule has 1 aliphatic rings. The normalized spacial score (nSPS) is 19.9. The summed E-state index contributed by atoms with van der Waals surface area (Å²) in [6, 6.07) is 6.50. The Hall–Kier alpha value is -2.38. The zero-order valence-electron chi connectivity index (χ0n) is 13.9. The molecule has 1 N–H and O–H groups in total. The van der Waals surface area contributed by atoms with Crippen molar-refractivity contribution in [2.24, 2.45) is 0 Å². The monoisotopic (exact) mass is 363 g/mol. The molecule has 0 saturated carbocycles.